The van der Waals surface area contributed by atoms with Gasteiger partial charge in [0.25, 0.3) is 5.91 Å². The second-order valence-corrected chi connectivity index (χ2v) is 7.95. The van der Waals surface area contributed by atoms with E-state index in [9.17, 15) is 4.79 Å². The van der Waals surface area contributed by atoms with Gasteiger partial charge in [-0.3, -0.25) is 4.79 Å². The van der Waals surface area contributed by atoms with E-state index in [1.54, 1.807) is 24.3 Å². The second-order valence-electron chi connectivity index (χ2n) is 7.51. The van der Waals surface area contributed by atoms with E-state index in [0.29, 0.717) is 30.1 Å². The predicted octanol–water partition coefficient (Wildman–Crippen LogP) is 4.49. The van der Waals surface area contributed by atoms with E-state index < -0.39 is 0 Å². The minimum absolute atomic E-state index is 0.144. The molecule has 0 aliphatic heterocycles. The first-order valence-electron chi connectivity index (χ1n) is 10.6. The lowest BCUT2D eigenvalue weighted by molar-refractivity contribution is 0.0955. The fourth-order valence-electron chi connectivity index (χ4n) is 3.54. The van der Waals surface area contributed by atoms with Crippen molar-refractivity contribution < 1.29 is 4.79 Å². The molecule has 2 aromatic carbocycles. The summed E-state index contributed by atoms with van der Waals surface area (Å²) in [7, 11) is 0. The first-order chi connectivity index (χ1) is 15.5. The summed E-state index contributed by atoms with van der Waals surface area (Å²) in [6.07, 6.45) is 0.704. The topological polar surface area (TPSA) is 84.7 Å². The van der Waals surface area contributed by atoms with Crippen LogP contribution in [0.15, 0.2) is 48.5 Å². The standard InChI is InChI=1S/C24H25ClN6O/c1-4-20-28-22(26-13-14-27-24(32)17-9-11-18(25)12-10-17)21-16(3)30-31(23(21)29-20)19-8-6-5-7-15(19)2/h5-12H,4,13-14H2,1-3H3,(H,27,32)(H,26,28,29). The lowest BCUT2D eigenvalue weighted by Gasteiger charge is -2.11. The van der Waals surface area contributed by atoms with Gasteiger partial charge >= 0.3 is 0 Å². The average Bonchev–Trinajstić information content (AvgIpc) is 3.13. The molecule has 0 saturated heterocycles. The number of hydrogen-bond donors (Lipinski definition) is 2. The largest absolute Gasteiger partial charge is 0.368 e. The van der Waals surface area contributed by atoms with Gasteiger partial charge in [-0.25, -0.2) is 14.6 Å². The molecule has 0 aliphatic carbocycles. The number of carbonyl (C=O) groups excluding carboxylic acids is 1. The molecule has 0 spiro atoms. The molecule has 2 aromatic heterocycles. The summed E-state index contributed by atoms with van der Waals surface area (Å²) in [6, 6.07) is 14.9. The monoisotopic (exact) mass is 448 g/mol. The van der Waals surface area contributed by atoms with Crippen LogP contribution in [0.2, 0.25) is 5.02 Å². The Bertz CT molecular complexity index is 1270. The highest BCUT2D eigenvalue weighted by molar-refractivity contribution is 6.30. The van der Waals surface area contributed by atoms with Crippen LogP contribution in [0, 0.1) is 13.8 Å². The van der Waals surface area contributed by atoms with Crippen molar-refractivity contribution in [1.29, 1.82) is 0 Å². The highest BCUT2D eigenvalue weighted by Crippen LogP contribution is 2.27. The average molecular weight is 449 g/mol. The predicted molar refractivity (Wildman–Crippen MR) is 128 cm³/mol. The summed E-state index contributed by atoms with van der Waals surface area (Å²) in [5, 5.41) is 12.5. The van der Waals surface area contributed by atoms with E-state index in [1.165, 1.54) is 0 Å². The molecular weight excluding hydrogens is 424 g/mol. The Labute approximate surface area is 191 Å². The number of nitrogens with zero attached hydrogens (tertiary/aromatic N) is 4. The van der Waals surface area contributed by atoms with Crippen LogP contribution in [-0.2, 0) is 6.42 Å². The van der Waals surface area contributed by atoms with Crippen molar-refractivity contribution in [3.05, 3.63) is 76.2 Å². The van der Waals surface area contributed by atoms with E-state index in [1.807, 2.05) is 36.7 Å². The maximum atomic E-state index is 12.3. The maximum absolute atomic E-state index is 12.3. The van der Waals surface area contributed by atoms with E-state index in [2.05, 4.69) is 23.6 Å². The molecule has 0 aliphatic rings. The number of rotatable bonds is 7. The molecule has 0 saturated carbocycles. The molecule has 32 heavy (non-hydrogen) atoms. The van der Waals surface area contributed by atoms with Crippen molar-refractivity contribution in [1.82, 2.24) is 25.1 Å². The van der Waals surface area contributed by atoms with Crippen molar-refractivity contribution in [2.45, 2.75) is 27.2 Å². The van der Waals surface area contributed by atoms with Crippen LogP contribution in [0.4, 0.5) is 5.82 Å². The van der Waals surface area contributed by atoms with Crippen molar-refractivity contribution in [2.75, 3.05) is 18.4 Å². The molecule has 164 valence electrons. The Hall–Kier alpha value is -3.45. The highest BCUT2D eigenvalue weighted by Gasteiger charge is 2.18. The van der Waals surface area contributed by atoms with Crippen LogP contribution in [-0.4, -0.2) is 38.7 Å². The Morgan fingerprint density at radius 2 is 1.78 bits per heavy atom. The van der Waals surface area contributed by atoms with Crippen molar-refractivity contribution >= 4 is 34.4 Å². The molecule has 0 atom stereocenters. The number of amides is 1. The Morgan fingerprint density at radius 1 is 1.03 bits per heavy atom. The molecule has 2 N–H and O–H groups in total. The summed E-state index contributed by atoms with van der Waals surface area (Å²) in [5.74, 6) is 1.32. The number of nitrogens with one attached hydrogen (secondary N) is 2. The molecule has 2 heterocycles. The van der Waals surface area contributed by atoms with E-state index in [0.717, 1.165) is 39.6 Å². The zero-order valence-electron chi connectivity index (χ0n) is 18.3. The van der Waals surface area contributed by atoms with Crippen LogP contribution < -0.4 is 10.6 Å². The number of aromatic nitrogens is 4. The van der Waals surface area contributed by atoms with Crippen LogP contribution in [0.5, 0.6) is 0 Å². The third-order valence-electron chi connectivity index (χ3n) is 5.22. The van der Waals surface area contributed by atoms with E-state index in [4.69, 9.17) is 26.7 Å². The first-order valence-corrected chi connectivity index (χ1v) is 11.0. The number of fused-ring (bicyclic) bond motifs is 1. The van der Waals surface area contributed by atoms with E-state index in [-0.39, 0.29) is 5.91 Å². The molecule has 4 aromatic rings. The van der Waals surface area contributed by atoms with Gasteiger partial charge < -0.3 is 10.6 Å². The van der Waals surface area contributed by atoms with Gasteiger partial charge in [-0.1, -0.05) is 36.7 Å². The Kier molecular flexibility index (Phi) is 6.37. The van der Waals surface area contributed by atoms with Crippen LogP contribution in [0.3, 0.4) is 0 Å². The van der Waals surface area contributed by atoms with E-state index >= 15 is 0 Å². The van der Waals surface area contributed by atoms with Gasteiger partial charge in [-0.15, -0.1) is 0 Å². The smallest absolute Gasteiger partial charge is 0.251 e. The zero-order valence-corrected chi connectivity index (χ0v) is 19.1. The van der Waals surface area contributed by atoms with Gasteiger partial charge in [-0.05, 0) is 49.7 Å². The highest BCUT2D eigenvalue weighted by atomic mass is 35.5. The quantitative estimate of drug-likeness (QED) is 0.407. The van der Waals surface area contributed by atoms with Gasteiger partial charge in [0.1, 0.15) is 11.6 Å². The van der Waals surface area contributed by atoms with Gasteiger partial charge in [0.2, 0.25) is 0 Å². The van der Waals surface area contributed by atoms with Crippen LogP contribution in [0.25, 0.3) is 16.7 Å². The van der Waals surface area contributed by atoms with Gasteiger partial charge in [0.05, 0.1) is 16.8 Å². The number of halogens is 1. The summed E-state index contributed by atoms with van der Waals surface area (Å²) >= 11 is 5.88. The number of aryl methyl sites for hydroxylation is 3. The number of hydrogen-bond acceptors (Lipinski definition) is 5. The Balaban J connectivity index is 1.55. The van der Waals surface area contributed by atoms with Crippen molar-refractivity contribution in [2.24, 2.45) is 0 Å². The minimum atomic E-state index is -0.144. The molecule has 4 rings (SSSR count). The third-order valence-corrected chi connectivity index (χ3v) is 5.47. The zero-order chi connectivity index (χ0) is 22.7. The fraction of sp³-hybridized carbons (Fsp3) is 0.250. The molecule has 0 unspecified atom stereocenters. The van der Waals surface area contributed by atoms with Gasteiger partial charge in [0.15, 0.2) is 5.65 Å². The lowest BCUT2D eigenvalue weighted by Crippen LogP contribution is -2.29. The Morgan fingerprint density at radius 3 is 2.50 bits per heavy atom. The summed E-state index contributed by atoms with van der Waals surface area (Å²) in [5.41, 5.74) is 4.30. The number of benzene rings is 2. The first kappa shape index (κ1) is 21.8. The van der Waals surface area contributed by atoms with Gasteiger partial charge in [-0.2, -0.15) is 5.10 Å². The molecule has 8 heteroatoms. The number of carbonyl (C=O) groups is 1. The minimum Gasteiger partial charge on any atom is -0.368 e. The number of anilines is 1. The van der Waals surface area contributed by atoms with Crippen LogP contribution in [0.1, 0.15) is 34.4 Å². The van der Waals surface area contributed by atoms with Crippen molar-refractivity contribution in [3.63, 3.8) is 0 Å². The normalized spacial score (nSPS) is 11.0. The van der Waals surface area contributed by atoms with Crippen LogP contribution >= 0.6 is 11.6 Å². The SMILES string of the molecule is CCc1nc(NCCNC(=O)c2ccc(Cl)cc2)c2c(C)nn(-c3ccccc3C)c2n1. The molecule has 1 amide bonds. The molecule has 0 radical (unpaired) electrons. The molecule has 0 fully saturated rings. The lowest BCUT2D eigenvalue weighted by atomic mass is 10.2. The summed E-state index contributed by atoms with van der Waals surface area (Å²) in [4.78, 5) is 21.8. The maximum Gasteiger partial charge on any atom is 0.251 e. The fourth-order valence-corrected chi connectivity index (χ4v) is 3.67. The second kappa shape index (κ2) is 9.36. The third kappa shape index (κ3) is 4.43. The summed E-state index contributed by atoms with van der Waals surface area (Å²) < 4.78 is 1.88. The number of para-hydroxylation sites is 1. The molecule has 0 bridgehead atoms. The molecular formula is C24H25ClN6O. The summed E-state index contributed by atoms with van der Waals surface area (Å²) in [6.45, 7) is 7.00. The van der Waals surface area contributed by atoms with Gasteiger partial charge in [0, 0.05) is 30.1 Å². The van der Waals surface area contributed by atoms with Crippen molar-refractivity contribution in [3.8, 4) is 5.69 Å². The molecule has 7 nitrogen and oxygen atoms in total.